The Hall–Kier alpha value is -2.12. The van der Waals surface area contributed by atoms with Gasteiger partial charge in [0.2, 0.25) is 0 Å². The number of aromatic hydroxyl groups is 2. The van der Waals surface area contributed by atoms with E-state index in [2.05, 4.69) is 10.6 Å². The lowest BCUT2D eigenvalue weighted by atomic mass is 9.93. The normalized spacial score (nSPS) is 17.3. The van der Waals surface area contributed by atoms with Gasteiger partial charge in [0.25, 0.3) is 0 Å². The maximum absolute atomic E-state index is 12.3. The molecule has 1 atom stereocenters. The van der Waals surface area contributed by atoms with E-state index in [4.69, 9.17) is 27.9 Å². The fourth-order valence-electron chi connectivity index (χ4n) is 2.42. The van der Waals surface area contributed by atoms with E-state index in [0.717, 1.165) is 0 Å². The maximum atomic E-state index is 12.3. The molecule has 1 heterocycles. The zero-order valence-electron chi connectivity index (χ0n) is 12.9. The van der Waals surface area contributed by atoms with Crippen molar-refractivity contribution in [2.75, 3.05) is 6.61 Å². The van der Waals surface area contributed by atoms with Crippen LogP contribution in [-0.2, 0) is 9.53 Å². The van der Waals surface area contributed by atoms with Gasteiger partial charge in [-0.25, -0.2) is 9.59 Å². The van der Waals surface area contributed by atoms with Crippen LogP contribution in [0.1, 0.15) is 31.9 Å². The lowest BCUT2D eigenvalue weighted by Crippen LogP contribution is -2.45. The second-order valence-corrected chi connectivity index (χ2v) is 5.74. The first-order valence-corrected chi connectivity index (χ1v) is 7.94. The smallest absolute Gasteiger partial charge is 0.338 e. The molecule has 0 spiro atoms. The first kappa shape index (κ1) is 18.2. The van der Waals surface area contributed by atoms with Crippen molar-refractivity contribution in [3.05, 3.63) is 32.9 Å². The van der Waals surface area contributed by atoms with Crippen LogP contribution in [0.25, 0.3) is 0 Å². The van der Waals surface area contributed by atoms with Gasteiger partial charge < -0.3 is 25.6 Å². The Morgan fingerprint density at radius 3 is 2.54 bits per heavy atom. The maximum Gasteiger partial charge on any atom is 0.338 e. The number of hydrogen-bond donors (Lipinski definition) is 4. The second-order valence-electron chi connectivity index (χ2n) is 4.96. The van der Waals surface area contributed by atoms with Crippen molar-refractivity contribution in [3.8, 4) is 11.5 Å². The topological polar surface area (TPSA) is 108 Å². The van der Waals surface area contributed by atoms with E-state index < -0.39 is 29.5 Å². The van der Waals surface area contributed by atoms with E-state index in [9.17, 15) is 19.8 Å². The monoisotopic (exact) mass is 374 g/mol. The van der Waals surface area contributed by atoms with Crippen molar-refractivity contribution >= 4 is 35.2 Å². The number of phenols is 2. The minimum absolute atomic E-state index is 0.0756. The van der Waals surface area contributed by atoms with Crippen molar-refractivity contribution in [2.45, 2.75) is 26.3 Å². The van der Waals surface area contributed by atoms with Crippen molar-refractivity contribution in [1.29, 1.82) is 0 Å². The number of carbonyl (C=O) groups excluding carboxylic acids is 2. The summed E-state index contributed by atoms with van der Waals surface area (Å²) in [6, 6.07) is -0.339. The second kappa shape index (κ2) is 7.19. The van der Waals surface area contributed by atoms with Gasteiger partial charge in [0, 0.05) is 11.3 Å². The first-order chi connectivity index (χ1) is 11.3. The highest BCUT2D eigenvalue weighted by atomic mass is 35.5. The average Bonchev–Trinajstić information content (AvgIpc) is 2.55. The molecule has 1 aromatic rings. The van der Waals surface area contributed by atoms with Gasteiger partial charge in [-0.3, -0.25) is 0 Å². The minimum Gasteiger partial charge on any atom is -0.506 e. The first-order valence-electron chi connectivity index (χ1n) is 7.19. The molecule has 0 radical (unpaired) electrons. The molecular formula is C15H16Cl2N2O5. The summed E-state index contributed by atoms with van der Waals surface area (Å²) in [5.41, 5.74) is 0.570. The molecule has 0 aromatic heterocycles. The lowest BCUT2D eigenvalue weighted by Gasteiger charge is -2.29. The van der Waals surface area contributed by atoms with Crippen LogP contribution in [0.15, 0.2) is 17.3 Å². The van der Waals surface area contributed by atoms with Gasteiger partial charge in [-0.15, -0.1) is 0 Å². The van der Waals surface area contributed by atoms with Crippen LogP contribution in [0.4, 0.5) is 4.79 Å². The van der Waals surface area contributed by atoms with Gasteiger partial charge in [0.05, 0.1) is 23.2 Å². The molecule has 0 bridgehead atoms. The van der Waals surface area contributed by atoms with E-state index in [-0.39, 0.29) is 27.8 Å². The zero-order chi connectivity index (χ0) is 18.0. The van der Waals surface area contributed by atoms with Gasteiger partial charge in [0.15, 0.2) is 5.75 Å². The molecule has 0 fully saturated rings. The zero-order valence-corrected chi connectivity index (χ0v) is 14.5. The van der Waals surface area contributed by atoms with Gasteiger partial charge >= 0.3 is 12.0 Å². The third-order valence-corrected chi connectivity index (χ3v) is 4.16. The van der Waals surface area contributed by atoms with Crippen molar-refractivity contribution < 1.29 is 24.5 Å². The third-order valence-electron chi connectivity index (χ3n) is 3.51. The fraction of sp³-hybridized carbons (Fsp3) is 0.333. The number of ether oxygens (including phenoxy) is 1. The number of phenolic OH excluding ortho intramolecular Hbond substituents is 2. The molecule has 4 N–H and O–H groups in total. The molecule has 1 unspecified atom stereocenters. The van der Waals surface area contributed by atoms with E-state index in [1.54, 1.807) is 13.8 Å². The highest BCUT2D eigenvalue weighted by Gasteiger charge is 2.35. The Morgan fingerprint density at radius 2 is 1.96 bits per heavy atom. The van der Waals surface area contributed by atoms with Crippen LogP contribution in [0.3, 0.4) is 0 Å². The highest BCUT2D eigenvalue weighted by Crippen LogP contribution is 2.45. The number of rotatable bonds is 4. The Morgan fingerprint density at radius 1 is 1.29 bits per heavy atom. The fourth-order valence-corrected chi connectivity index (χ4v) is 2.89. The summed E-state index contributed by atoms with van der Waals surface area (Å²) in [4.78, 5) is 24.2. The summed E-state index contributed by atoms with van der Waals surface area (Å²) in [5, 5.41) is 24.5. The van der Waals surface area contributed by atoms with Gasteiger partial charge in [-0.05, 0) is 19.4 Å². The van der Waals surface area contributed by atoms with E-state index in [0.29, 0.717) is 12.1 Å². The summed E-state index contributed by atoms with van der Waals surface area (Å²) < 4.78 is 5.04. The summed E-state index contributed by atoms with van der Waals surface area (Å²) in [6.45, 7) is 3.55. The number of halogens is 2. The molecule has 0 saturated heterocycles. The number of amides is 2. The van der Waals surface area contributed by atoms with Gasteiger partial charge in [-0.1, -0.05) is 30.1 Å². The van der Waals surface area contributed by atoms with Crippen LogP contribution in [-0.4, -0.2) is 28.8 Å². The number of urea groups is 1. The number of carbonyl (C=O) groups is 2. The van der Waals surface area contributed by atoms with E-state index >= 15 is 0 Å². The largest absolute Gasteiger partial charge is 0.506 e. The summed E-state index contributed by atoms with van der Waals surface area (Å²) in [6.07, 6.45) is 0.360. The van der Waals surface area contributed by atoms with Crippen LogP contribution < -0.4 is 10.6 Å². The van der Waals surface area contributed by atoms with E-state index in [1.807, 2.05) is 0 Å². The molecule has 2 rings (SSSR count). The molecule has 1 aliphatic rings. The minimum atomic E-state index is -1.02. The van der Waals surface area contributed by atoms with Gasteiger partial charge in [0.1, 0.15) is 10.8 Å². The molecule has 0 saturated carbocycles. The van der Waals surface area contributed by atoms with Crippen LogP contribution in [0.2, 0.25) is 10.0 Å². The highest BCUT2D eigenvalue weighted by molar-refractivity contribution is 6.38. The number of esters is 1. The molecular weight excluding hydrogens is 359 g/mol. The van der Waals surface area contributed by atoms with Crippen LogP contribution in [0, 0.1) is 0 Å². The molecule has 24 heavy (non-hydrogen) atoms. The third kappa shape index (κ3) is 3.22. The predicted octanol–water partition coefficient (Wildman–Crippen LogP) is 2.99. The molecule has 1 aromatic carbocycles. The predicted molar refractivity (Wildman–Crippen MR) is 88.2 cm³/mol. The Labute approximate surface area is 148 Å². The number of allylic oxidation sites excluding steroid dienone is 1. The Kier molecular flexibility index (Phi) is 5.46. The summed E-state index contributed by atoms with van der Waals surface area (Å²) in [5.74, 6) is -1.62. The summed E-state index contributed by atoms with van der Waals surface area (Å²) in [7, 11) is 0. The molecule has 130 valence electrons. The molecule has 2 amide bonds. The Balaban J connectivity index is 2.65. The molecule has 0 aliphatic carbocycles. The van der Waals surface area contributed by atoms with Crippen LogP contribution in [0.5, 0.6) is 11.5 Å². The quantitative estimate of drug-likeness (QED) is 0.605. The van der Waals surface area contributed by atoms with Gasteiger partial charge in [-0.2, -0.15) is 0 Å². The Bertz CT molecular complexity index is 733. The molecule has 7 nitrogen and oxygen atoms in total. The van der Waals surface area contributed by atoms with Crippen molar-refractivity contribution in [1.82, 2.24) is 10.6 Å². The summed E-state index contributed by atoms with van der Waals surface area (Å²) >= 11 is 11.8. The number of hydrogen-bond acceptors (Lipinski definition) is 5. The van der Waals surface area contributed by atoms with Crippen molar-refractivity contribution in [3.63, 3.8) is 0 Å². The molecule has 1 aliphatic heterocycles. The standard InChI is InChI=1S/C15H16Cl2N2O5/c1-3-8-9(14(22)24-4-2)11(19-15(23)18-8)6-5-7(16)13(21)10(17)12(6)20/h5,11,20-21H,3-4H2,1-2H3,(H2,18,19,23). The van der Waals surface area contributed by atoms with E-state index in [1.165, 1.54) is 6.07 Å². The van der Waals surface area contributed by atoms with Crippen molar-refractivity contribution in [2.24, 2.45) is 0 Å². The number of nitrogens with one attached hydrogen (secondary N) is 2. The average molecular weight is 375 g/mol. The number of benzene rings is 1. The molecule has 9 heteroatoms. The SMILES string of the molecule is CCOC(=O)C1=C(CC)NC(=O)NC1c1cc(Cl)c(O)c(Cl)c1O. The lowest BCUT2D eigenvalue weighted by molar-refractivity contribution is -0.139. The van der Waals surface area contributed by atoms with Crippen LogP contribution >= 0.6 is 23.2 Å².